The number of carbonyl (C=O) groups is 2. The van der Waals surface area contributed by atoms with E-state index in [9.17, 15) is 9.59 Å². The van der Waals surface area contributed by atoms with Crippen LogP contribution in [-0.2, 0) is 16.1 Å². The molecule has 0 unspecified atom stereocenters. The molecular weight excluding hydrogens is 396 g/mol. The first-order chi connectivity index (χ1) is 13.5. The fourth-order valence-corrected chi connectivity index (χ4v) is 3.79. The van der Waals surface area contributed by atoms with Crippen molar-refractivity contribution in [3.63, 3.8) is 0 Å². The van der Waals surface area contributed by atoms with Gasteiger partial charge in [-0.1, -0.05) is 35.9 Å². The van der Waals surface area contributed by atoms with Crippen LogP contribution in [0.25, 0.3) is 0 Å². The number of ether oxygens (including phenoxy) is 1. The third-order valence-electron chi connectivity index (χ3n) is 4.35. The van der Waals surface area contributed by atoms with E-state index in [0.717, 1.165) is 11.1 Å². The lowest BCUT2D eigenvalue weighted by atomic mass is 10.1. The van der Waals surface area contributed by atoms with Gasteiger partial charge in [0, 0.05) is 17.3 Å². The third kappa shape index (κ3) is 4.88. The van der Waals surface area contributed by atoms with Gasteiger partial charge in [-0.15, -0.1) is 11.8 Å². The number of hydrogen-bond donors (Lipinski definition) is 2. The molecule has 0 spiro atoms. The Labute approximate surface area is 173 Å². The van der Waals surface area contributed by atoms with E-state index in [4.69, 9.17) is 16.3 Å². The zero-order chi connectivity index (χ0) is 20.1. The summed E-state index contributed by atoms with van der Waals surface area (Å²) in [4.78, 5) is 25.9. The predicted molar refractivity (Wildman–Crippen MR) is 114 cm³/mol. The molecule has 5 nitrogen and oxygen atoms in total. The molecule has 2 N–H and O–H groups in total. The van der Waals surface area contributed by atoms with E-state index in [1.807, 2.05) is 31.2 Å². The highest BCUT2D eigenvalue weighted by molar-refractivity contribution is 8.04. The number of thioether (sulfide) groups is 1. The summed E-state index contributed by atoms with van der Waals surface area (Å²) in [5.41, 5.74) is 2.86. The number of carbonyl (C=O) groups excluding carboxylic acids is 2. The number of nitrogens with one attached hydrogen (secondary N) is 2. The second-order valence-electron chi connectivity index (χ2n) is 6.34. The molecule has 1 heterocycles. The minimum absolute atomic E-state index is 0.284. The molecule has 0 aliphatic carbocycles. The van der Waals surface area contributed by atoms with Crippen molar-refractivity contribution in [2.24, 2.45) is 0 Å². The van der Waals surface area contributed by atoms with Crippen LogP contribution in [0.5, 0.6) is 0 Å². The first-order valence-corrected chi connectivity index (χ1v) is 10.2. The van der Waals surface area contributed by atoms with E-state index in [1.165, 1.54) is 11.8 Å². The standard InChI is InChI=1S/C21H21ClN2O3S/c1-13-5-3-4-6-15(13)12-23-20(25)17-8-7-16(22)11-18(17)24-21(26)19-14(2)27-9-10-28-19/h3-8,11H,9-10,12H2,1-2H3,(H,23,25)(H,24,26). The summed E-state index contributed by atoms with van der Waals surface area (Å²) >= 11 is 7.52. The van der Waals surface area contributed by atoms with Crippen LogP contribution in [0.4, 0.5) is 5.69 Å². The molecule has 1 aliphatic heterocycles. The summed E-state index contributed by atoms with van der Waals surface area (Å²) < 4.78 is 5.44. The Kier molecular flexibility index (Phi) is 6.65. The Bertz CT molecular complexity index is 943. The minimum Gasteiger partial charge on any atom is -0.496 e. The van der Waals surface area contributed by atoms with E-state index < -0.39 is 0 Å². The molecule has 2 aromatic rings. The van der Waals surface area contributed by atoms with Crippen molar-refractivity contribution in [2.45, 2.75) is 20.4 Å². The lowest BCUT2D eigenvalue weighted by molar-refractivity contribution is -0.112. The quantitative estimate of drug-likeness (QED) is 0.752. The number of hydrogen-bond acceptors (Lipinski definition) is 4. The van der Waals surface area contributed by atoms with Crippen molar-refractivity contribution < 1.29 is 14.3 Å². The molecule has 0 fully saturated rings. The number of halogens is 1. The third-order valence-corrected chi connectivity index (χ3v) is 5.72. The van der Waals surface area contributed by atoms with E-state index >= 15 is 0 Å². The molecule has 7 heteroatoms. The monoisotopic (exact) mass is 416 g/mol. The summed E-state index contributed by atoms with van der Waals surface area (Å²) in [6, 6.07) is 12.7. The SMILES string of the molecule is CC1=C(C(=O)Nc2cc(Cl)ccc2C(=O)NCc2ccccc2C)SCCO1. The summed E-state index contributed by atoms with van der Waals surface area (Å²) in [7, 11) is 0. The Morgan fingerprint density at radius 1 is 1.14 bits per heavy atom. The van der Waals surface area contributed by atoms with Crippen molar-refractivity contribution in [3.8, 4) is 0 Å². The van der Waals surface area contributed by atoms with Gasteiger partial charge in [-0.2, -0.15) is 0 Å². The maximum atomic E-state index is 12.7. The van der Waals surface area contributed by atoms with Crippen LogP contribution in [0, 0.1) is 6.92 Å². The number of allylic oxidation sites excluding steroid dienone is 1. The van der Waals surface area contributed by atoms with Crippen LogP contribution in [0.1, 0.15) is 28.4 Å². The highest BCUT2D eigenvalue weighted by Gasteiger charge is 2.21. The van der Waals surface area contributed by atoms with Gasteiger partial charge in [-0.05, 0) is 43.2 Å². The van der Waals surface area contributed by atoms with Gasteiger partial charge in [0.2, 0.25) is 0 Å². The lowest BCUT2D eigenvalue weighted by Crippen LogP contribution is -2.26. The Morgan fingerprint density at radius 2 is 1.93 bits per heavy atom. The van der Waals surface area contributed by atoms with Gasteiger partial charge in [0.15, 0.2) is 0 Å². The van der Waals surface area contributed by atoms with Gasteiger partial charge in [0.1, 0.15) is 10.7 Å². The molecular formula is C21H21ClN2O3S. The summed E-state index contributed by atoms with van der Waals surface area (Å²) in [5, 5.41) is 6.14. The number of benzene rings is 2. The maximum Gasteiger partial charge on any atom is 0.265 e. The smallest absolute Gasteiger partial charge is 0.265 e. The molecule has 0 aromatic heterocycles. The topological polar surface area (TPSA) is 67.4 Å². The average Bonchev–Trinajstić information content (AvgIpc) is 2.67. The van der Waals surface area contributed by atoms with Crippen LogP contribution in [0.2, 0.25) is 5.02 Å². The van der Waals surface area contributed by atoms with Crippen molar-refractivity contribution in [1.29, 1.82) is 0 Å². The van der Waals surface area contributed by atoms with E-state index in [2.05, 4.69) is 10.6 Å². The first kappa shape index (κ1) is 20.3. The molecule has 0 saturated carbocycles. The minimum atomic E-state index is -0.308. The van der Waals surface area contributed by atoms with E-state index in [1.54, 1.807) is 25.1 Å². The van der Waals surface area contributed by atoms with Crippen molar-refractivity contribution in [3.05, 3.63) is 74.8 Å². The molecule has 146 valence electrons. The Hall–Kier alpha value is -2.44. The highest BCUT2D eigenvalue weighted by Crippen LogP contribution is 2.28. The summed E-state index contributed by atoms with van der Waals surface area (Å²) in [6.07, 6.45) is 0. The molecule has 1 aliphatic rings. The fraction of sp³-hybridized carbons (Fsp3) is 0.238. The lowest BCUT2D eigenvalue weighted by Gasteiger charge is -2.18. The van der Waals surface area contributed by atoms with Crippen LogP contribution < -0.4 is 10.6 Å². The average molecular weight is 417 g/mol. The predicted octanol–water partition coefficient (Wildman–Crippen LogP) is 4.51. The van der Waals surface area contributed by atoms with Crippen LogP contribution in [-0.4, -0.2) is 24.2 Å². The van der Waals surface area contributed by atoms with Gasteiger partial charge in [-0.25, -0.2) is 0 Å². The molecule has 0 atom stereocenters. The van der Waals surface area contributed by atoms with Gasteiger partial charge >= 0.3 is 0 Å². The van der Waals surface area contributed by atoms with Gasteiger partial charge < -0.3 is 15.4 Å². The van der Waals surface area contributed by atoms with Gasteiger partial charge in [0.25, 0.3) is 11.8 Å². The van der Waals surface area contributed by atoms with Crippen LogP contribution >= 0.6 is 23.4 Å². The Balaban J connectivity index is 1.77. The number of amides is 2. The number of anilines is 1. The molecule has 0 bridgehead atoms. The zero-order valence-electron chi connectivity index (χ0n) is 15.7. The van der Waals surface area contributed by atoms with Crippen LogP contribution in [0.3, 0.4) is 0 Å². The van der Waals surface area contributed by atoms with Crippen molar-refractivity contribution >= 4 is 40.9 Å². The zero-order valence-corrected chi connectivity index (χ0v) is 17.2. The fourth-order valence-electron chi connectivity index (χ4n) is 2.81. The second-order valence-corrected chi connectivity index (χ2v) is 7.88. The summed E-state index contributed by atoms with van der Waals surface area (Å²) in [5.74, 6) is 0.701. The molecule has 2 amide bonds. The number of aryl methyl sites for hydroxylation is 1. The van der Waals surface area contributed by atoms with Crippen molar-refractivity contribution in [2.75, 3.05) is 17.7 Å². The van der Waals surface area contributed by atoms with E-state index in [0.29, 0.717) is 45.8 Å². The molecule has 2 aromatic carbocycles. The van der Waals surface area contributed by atoms with Crippen LogP contribution in [0.15, 0.2) is 53.1 Å². The molecule has 28 heavy (non-hydrogen) atoms. The number of rotatable bonds is 5. The molecule has 0 radical (unpaired) electrons. The first-order valence-electron chi connectivity index (χ1n) is 8.86. The molecule has 3 rings (SSSR count). The van der Waals surface area contributed by atoms with E-state index in [-0.39, 0.29) is 11.8 Å². The maximum absolute atomic E-state index is 12.7. The highest BCUT2D eigenvalue weighted by atomic mass is 35.5. The summed E-state index contributed by atoms with van der Waals surface area (Å²) in [6.45, 7) is 4.73. The molecule has 0 saturated heterocycles. The Morgan fingerprint density at radius 3 is 2.68 bits per heavy atom. The normalized spacial score (nSPS) is 13.7. The largest absolute Gasteiger partial charge is 0.496 e. The van der Waals surface area contributed by atoms with Gasteiger partial charge in [-0.3, -0.25) is 9.59 Å². The van der Waals surface area contributed by atoms with Crippen molar-refractivity contribution in [1.82, 2.24) is 5.32 Å². The van der Waals surface area contributed by atoms with Gasteiger partial charge in [0.05, 0.1) is 17.9 Å². The second kappa shape index (κ2) is 9.17.